The van der Waals surface area contributed by atoms with Gasteiger partial charge in [-0.3, -0.25) is 14.2 Å². The summed E-state index contributed by atoms with van der Waals surface area (Å²) in [4.78, 5) is 31.2. The van der Waals surface area contributed by atoms with Crippen LogP contribution in [-0.4, -0.2) is 26.9 Å². The lowest BCUT2D eigenvalue weighted by Gasteiger charge is -2.29. The van der Waals surface area contributed by atoms with Gasteiger partial charge in [0.2, 0.25) is 0 Å². The molecule has 154 valence electrons. The van der Waals surface area contributed by atoms with Gasteiger partial charge in [-0.15, -0.1) is 0 Å². The van der Waals surface area contributed by atoms with E-state index in [1.165, 1.54) is 11.1 Å². The minimum Gasteiger partial charge on any atom is -0.334 e. The molecular formula is C25H21N3O2S. The SMILES string of the molecule is O=C(c1ccc2c(=O)n(Cc3ccccc3)c(=S)[nH]c2c1)N1CCc2ccccc2C1. The largest absolute Gasteiger partial charge is 0.334 e. The zero-order valence-corrected chi connectivity index (χ0v) is 17.7. The lowest BCUT2D eigenvalue weighted by atomic mass is 9.99. The zero-order chi connectivity index (χ0) is 21.4. The van der Waals surface area contributed by atoms with Gasteiger partial charge >= 0.3 is 0 Å². The van der Waals surface area contributed by atoms with Crippen molar-refractivity contribution in [3.63, 3.8) is 0 Å². The predicted octanol–water partition coefficient (Wildman–Crippen LogP) is 4.31. The summed E-state index contributed by atoms with van der Waals surface area (Å²) in [6, 6.07) is 23.1. The average Bonchev–Trinajstić information content (AvgIpc) is 2.81. The molecule has 1 amide bonds. The van der Waals surface area contributed by atoms with E-state index in [2.05, 4.69) is 17.1 Å². The number of carbonyl (C=O) groups is 1. The van der Waals surface area contributed by atoms with Crippen LogP contribution in [0.5, 0.6) is 0 Å². The van der Waals surface area contributed by atoms with Crippen molar-refractivity contribution in [3.8, 4) is 0 Å². The highest BCUT2D eigenvalue weighted by molar-refractivity contribution is 7.71. The highest BCUT2D eigenvalue weighted by atomic mass is 32.1. The second kappa shape index (κ2) is 7.96. The summed E-state index contributed by atoms with van der Waals surface area (Å²) in [6.07, 6.45) is 0.849. The Hall–Kier alpha value is -3.51. The summed E-state index contributed by atoms with van der Waals surface area (Å²) in [5.41, 5.74) is 4.47. The molecule has 2 heterocycles. The molecule has 6 heteroatoms. The van der Waals surface area contributed by atoms with Crippen LogP contribution in [0.25, 0.3) is 10.9 Å². The highest BCUT2D eigenvalue weighted by Gasteiger charge is 2.22. The molecule has 5 nitrogen and oxygen atoms in total. The van der Waals surface area contributed by atoms with Crippen molar-refractivity contribution in [1.82, 2.24) is 14.5 Å². The summed E-state index contributed by atoms with van der Waals surface area (Å²) >= 11 is 5.46. The number of aromatic amines is 1. The van der Waals surface area contributed by atoms with Crippen molar-refractivity contribution in [3.05, 3.63) is 110 Å². The van der Waals surface area contributed by atoms with Crippen molar-refractivity contribution < 1.29 is 4.79 Å². The summed E-state index contributed by atoms with van der Waals surface area (Å²) in [6.45, 7) is 1.68. The van der Waals surface area contributed by atoms with Gasteiger partial charge in [-0.2, -0.15) is 0 Å². The van der Waals surface area contributed by atoms with Crippen LogP contribution in [0.4, 0.5) is 0 Å². The predicted molar refractivity (Wildman–Crippen MR) is 124 cm³/mol. The second-order valence-electron chi connectivity index (χ2n) is 7.81. The molecule has 0 fully saturated rings. The zero-order valence-electron chi connectivity index (χ0n) is 16.9. The van der Waals surface area contributed by atoms with E-state index in [0.717, 1.165) is 12.0 Å². The first kappa shape index (κ1) is 19.5. The molecule has 1 aliphatic heterocycles. The number of aromatic nitrogens is 2. The first-order valence-electron chi connectivity index (χ1n) is 10.3. The molecule has 0 radical (unpaired) electrons. The third-order valence-corrected chi connectivity index (χ3v) is 6.15. The number of hydrogen-bond acceptors (Lipinski definition) is 3. The maximum Gasteiger partial charge on any atom is 0.262 e. The number of benzene rings is 3. The molecule has 31 heavy (non-hydrogen) atoms. The minimum absolute atomic E-state index is 0.0378. The molecule has 0 aliphatic carbocycles. The van der Waals surface area contributed by atoms with E-state index in [-0.39, 0.29) is 11.5 Å². The van der Waals surface area contributed by atoms with Crippen LogP contribution in [0.2, 0.25) is 0 Å². The summed E-state index contributed by atoms with van der Waals surface area (Å²) in [7, 11) is 0. The van der Waals surface area contributed by atoms with E-state index in [1.807, 2.05) is 47.4 Å². The molecule has 1 N–H and O–H groups in total. The topological polar surface area (TPSA) is 58.1 Å². The fourth-order valence-corrected chi connectivity index (χ4v) is 4.41. The number of H-pyrrole nitrogens is 1. The normalized spacial score (nSPS) is 13.2. The Bertz CT molecular complexity index is 1410. The van der Waals surface area contributed by atoms with Crippen LogP contribution >= 0.6 is 12.2 Å². The number of carbonyl (C=O) groups excluding carboxylic acids is 1. The summed E-state index contributed by atoms with van der Waals surface area (Å²) in [5, 5.41) is 0.519. The van der Waals surface area contributed by atoms with Crippen LogP contribution in [0, 0.1) is 4.77 Å². The first-order valence-corrected chi connectivity index (χ1v) is 10.7. The third kappa shape index (κ3) is 3.70. The van der Waals surface area contributed by atoms with Gasteiger partial charge < -0.3 is 9.88 Å². The Morgan fingerprint density at radius 2 is 1.71 bits per heavy atom. The van der Waals surface area contributed by atoms with Crippen LogP contribution in [-0.2, 0) is 19.5 Å². The van der Waals surface area contributed by atoms with E-state index in [4.69, 9.17) is 12.2 Å². The van der Waals surface area contributed by atoms with E-state index >= 15 is 0 Å². The molecule has 0 unspecified atom stereocenters. The molecule has 0 bridgehead atoms. The summed E-state index contributed by atoms with van der Waals surface area (Å²) < 4.78 is 1.90. The Kier molecular flexibility index (Phi) is 5.00. The van der Waals surface area contributed by atoms with Gasteiger partial charge in [0.1, 0.15) is 0 Å². The molecule has 1 aliphatic rings. The summed E-state index contributed by atoms with van der Waals surface area (Å²) in [5.74, 6) is -0.0378. The van der Waals surface area contributed by atoms with E-state index in [9.17, 15) is 9.59 Å². The van der Waals surface area contributed by atoms with Crippen molar-refractivity contribution >= 4 is 29.0 Å². The van der Waals surface area contributed by atoms with Crippen molar-refractivity contribution in [1.29, 1.82) is 0 Å². The van der Waals surface area contributed by atoms with Crippen molar-refractivity contribution in [2.24, 2.45) is 0 Å². The van der Waals surface area contributed by atoms with Gasteiger partial charge in [0.25, 0.3) is 11.5 Å². The average molecular weight is 428 g/mol. The van der Waals surface area contributed by atoms with Gasteiger partial charge in [0, 0.05) is 18.7 Å². The number of nitrogens with zero attached hydrogens (tertiary/aromatic N) is 2. The van der Waals surface area contributed by atoms with Crippen LogP contribution in [0.1, 0.15) is 27.0 Å². The van der Waals surface area contributed by atoms with E-state index < -0.39 is 0 Å². The molecule has 1 aromatic heterocycles. The van der Waals surface area contributed by atoms with Crippen molar-refractivity contribution in [2.75, 3.05) is 6.54 Å². The lowest BCUT2D eigenvalue weighted by Crippen LogP contribution is -2.36. The van der Waals surface area contributed by atoms with Gasteiger partial charge in [-0.05, 0) is 53.5 Å². The Balaban J connectivity index is 1.47. The Morgan fingerprint density at radius 3 is 2.52 bits per heavy atom. The van der Waals surface area contributed by atoms with Crippen LogP contribution < -0.4 is 5.56 Å². The van der Waals surface area contributed by atoms with Gasteiger partial charge in [-0.1, -0.05) is 54.6 Å². The molecule has 3 aromatic carbocycles. The van der Waals surface area contributed by atoms with Crippen LogP contribution in [0.3, 0.4) is 0 Å². The molecule has 0 atom stereocenters. The van der Waals surface area contributed by atoms with E-state index in [0.29, 0.717) is 40.9 Å². The lowest BCUT2D eigenvalue weighted by molar-refractivity contribution is 0.0735. The number of rotatable bonds is 3. The molecular weight excluding hydrogens is 406 g/mol. The Morgan fingerprint density at radius 1 is 0.968 bits per heavy atom. The van der Waals surface area contributed by atoms with Crippen LogP contribution in [0.15, 0.2) is 77.6 Å². The van der Waals surface area contributed by atoms with Crippen molar-refractivity contribution in [2.45, 2.75) is 19.5 Å². The highest BCUT2D eigenvalue weighted by Crippen LogP contribution is 2.21. The van der Waals surface area contributed by atoms with Gasteiger partial charge in [0.15, 0.2) is 4.77 Å². The first-order chi connectivity index (χ1) is 15.1. The van der Waals surface area contributed by atoms with E-state index in [1.54, 1.807) is 22.8 Å². The standard InChI is InChI=1S/C25H21N3O2S/c29-23(27-13-12-18-8-4-5-9-20(18)16-27)19-10-11-21-22(14-19)26-25(31)28(24(21)30)15-17-6-2-1-3-7-17/h1-11,14H,12-13,15-16H2,(H,26,31). The Labute approximate surface area is 184 Å². The number of hydrogen-bond donors (Lipinski definition) is 1. The number of fused-ring (bicyclic) bond motifs is 2. The maximum atomic E-state index is 13.1. The second-order valence-corrected chi connectivity index (χ2v) is 8.20. The maximum absolute atomic E-state index is 13.1. The van der Waals surface area contributed by atoms with Gasteiger partial charge in [0.05, 0.1) is 17.4 Å². The fourth-order valence-electron chi connectivity index (χ4n) is 4.15. The van der Waals surface area contributed by atoms with Gasteiger partial charge in [-0.25, -0.2) is 0 Å². The number of nitrogens with one attached hydrogen (secondary N) is 1. The molecule has 0 saturated carbocycles. The monoisotopic (exact) mass is 427 g/mol. The fraction of sp³-hybridized carbons (Fsp3) is 0.160. The molecule has 4 aromatic rings. The minimum atomic E-state index is -0.159. The quantitative estimate of drug-likeness (QED) is 0.496. The molecule has 0 saturated heterocycles. The molecule has 5 rings (SSSR count). The number of amides is 1. The third-order valence-electron chi connectivity index (χ3n) is 5.83. The molecule has 0 spiro atoms. The smallest absolute Gasteiger partial charge is 0.262 e.